The number of benzene rings is 1. The molecule has 0 radical (unpaired) electrons. The highest BCUT2D eigenvalue weighted by atomic mass is 16.7. The maximum Gasteiger partial charge on any atom is 0.552 e. The fourth-order valence-electron chi connectivity index (χ4n) is 3.66. The number of aliphatic hydroxyl groups excluding tert-OH is 1. The zero-order valence-corrected chi connectivity index (χ0v) is 19.7. The second-order valence-corrected chi connectivity index (χ2v) is 8.70. The second-order valence-electron chi connectivity index (χ2n) is 8.70. The lowest BCUT2D eigenvalue weighted by molar-refractivity contribution is -0.157. The number of carboxylic acids is 1. The van der Waals surface area contributed by atoms with Gasteiger partial charge in [0.2, 0.25) is 5.91 Å². The van der Waals surface area contributed by atoms with Gasteiger partial charge in [0.05, 0.1) is 12.1 Å². The molecule has 2 heterocycles. The molecule has 1 unspecified atom stereocenters. The summed E-state index contributed by atoms with van der Waals surface area (Å²) in [5.74, 6) is -4.73. The van der Waals surface area contributed by atoms with Crippen LogP contribution in [0.25, 0.3) is 0 Å². The van der Waals surface area contributed by atoms with Crippen molar-refractivity contribution in [3.05, 3.63) is 60.2 Å². The number of carbonyl (C=O) groups excluding carboxylic acids is 3. The van der Waals surface area contributed by atoms with E-state index in [4.69, 9.17) is 14.4 Å². The van der Waals surface area contributed by atoms with Crippen molar-refractivity contribution in [3.8, 4) is 0 Å². The number of aliphatic carboxylic acids is 1. The van der Waals surface area contributed by atoms with E-state index in [1.807, 2.05) is 19.9 Å². The van der Waals surface area contributed by atoms with Gasteiger partial charge < -0.3 is 30.2 Å². The van der Waals surface area contributed by atoms with Crippen LogP contribution in [0.2, 0.25) is 0 Å². The third-order valence-corrected chi connectivity index (χ3v) is 5.37. The number of nitrogens with zero attached hydrogens (tertiary/aromatic N) is 2. The van der Waals surface area contributed by atoms with Gasteiger partial charge in [-0.25, -0.2) is 9.78 Å². The highest BCUT2D eigenvalue weighted by molar-refractivity contribution is 6.51. The number of carboxylic acid groups (broad SMARTS) is 1. The Morgan fingerprint density at radius 3 is 2.47 bits per heavy atom. The molecule has 4 atom stereocenters. The predicted molar refractivity (Wildman–Crippen MR) is 125 cm³/mol. The summed E-state index contributed by atoms with van der Waals surface area (Å²) in [6.07, 6.45) is 0.653. The van der Waals surface area contributed by atoms with Crippen LogP contribution in [0, 0.1) is 5.92 Å². The van der Waals surface area contributed by atoms with Crippen LogP contribution in [-0.2, 0) is 30.1 Å². The molecule has 1 fully saturated rings. The fraction of sp³-hybridized carbons (Fsp3) is 0.391. The van der Waals surface area contributed by atoms with E-state index in [1.54, 1.807) is 24.3 Å². The number of carbonyl (C=O) groups is 4. The van der Waals surface area contributed by atoms with E-state index in [-0.39, 0.29) is 18.0 Å². The van der Waals surface area contributed by atoms with Crippen LogP contribution in [0.3, 0.4) is 0 Å². The highest BCUT2D eigenvalue weighted by Crippen LogP contribution is 2.20. The molecule has 1 saturated heterocycles. The molecule has 1 aromatic carbocycles. The van der Waals surface area contributed by atoms with Crippen LogP contribution in [0.1, 0.15) is 36.3 Å². The minimum atomic E-state index is -2.12. The normalized spacial score (nSPS) is 17.7. The Morgan fingerprint density at radius 1 is 1.14 bits per heavy atom. The molecule has 2 aromatic rings. The zero-order valence-electron chi connectivity index (χ0n) is 19.7. The number of nitrogens with one attached hydrogen (secondary N) is 2. The summed E-state index contributed by atoms with van der Waals surface area (Å²) >= 11 is 0. The zero-order chi connectivity index (χ0) is 26.2. The number of hydrogen-bond acceptors (Lipinski definition) is 9. The molecular weight excluding hydrogens is 471 g/mol. The Labute approximate surface area is 207 Å². The molecule has 4 N–H and O–H groups in total. The van der Waals surface area contributed by atoms with Crippen molar-refractivity contribution in [1.29, 1.82) is 0 Å². The number of aliphatic hydroxyl groups is 1. The number of aromatic nitrogens is 2. The monoisotopic (exact) mass is 498 g/mol. The molecule has 190 valence electrons. The Bertz CT molecular complexity index is 1070. The molecule has 3 rings (SSSR count). The van der Waals surface area contributed by atoms with Gasteiger partial charge in [0.25, 0.3) is 5.91 Å². The van der Waals surface area contributed by atoms with Gasteiger partial charge in [-0.1, -0.05) is 44.2 Å². The summed E-state index contributed by atoms with van der Waals surface area (Å²) in [6, 6.07) is 8.00. The lowest BCUT2D eigenvalue weighted by Crippen LogP contribution is -2.55. The molecule has 1 aliphatic heterocycles. The van der Waals surface area contributed by atoms with Crippen molar-refractivity contribution < 1.29 is 38.7 Å². The lowest BCUT2D eigenvalue weighted by atomic mass is 9.74. The van der Waals surface area contributed by atoms with Crippen molar-refractivity contribution >= 4 is 30.9 Å². The maximum absolute atomic E-state index is 13.4. The molecule has 1 aliphatic rings. The smallest absolute Gasteiger partial charge is 0.506 e. The largest absolute Gasteiger partial charge is 0.552 e. The molecule has 0 spiro atoms. The van der Waals surface area contributed by atoms with E-state index in [9.17, 15) is 24.3 Å². The van der Waals surface area contributed by atoms with Gasteiger partial charge in [-0.3, -0.25) is 19.4 Å². The third-order valence-electron chi connectivity index (χ3n) is 5.37. The number of amides is 2. The maximum atomic E-state index is 13.4. The summed E-state index contributed by atoms with van der Waals surface area (Å²) in [7, 11) is -1.32. The van der Waals surface area contributed by atoms with Gasteiger partial charge in [0.15, 0.2) is 12.2 Å². The first-order valence-corrected chi connectivity index (χ1v) is 11.3. The van der Waals surface area contributed by atoms with E-state index in [0.29, 0.717) is 6.42 Å². The van der Waals surface area contributed by atoms with Gasteiger partial charge in [-0.05, 0) is 17.9 Å². The Balaban J connectivity index is 1.79. The van der Waals surface area contributed by atoms with E-state index >= 15 is 0 Å². The second kappa shape index (κ2) is 12.2. The summed E-state index contributed by atoms with van der Waals surface area (Å²) in [5.41, 5.74) is 0.811. The van der Waals surface area contributed by atoms with Gasteiger partial charge in [0, 0.05) is 18.8 Å². The van der Waals surface area contributed by atoms with Gasteiger partial charge in [0.1, 0.15) is 11.7 Å². The lowest BCUT2D eigenvalue weighted by Gasteiger charge is -2.25. The molecule has 0 saturated carbocycles. The molecule has 36 heavy (non-hydrogen) atoms. The Morgan fingerprint density at radius 2 is 1.86 bits per heavy atom. The average molecular weight is 498 g/mol. The molecule has 0 bridgehead atoms. The van der Waals surface area contributed by atoms with Crippen molar-refractivity contribution in [1.82, 2.24) is 20.6 Å². The fourth-order valence-corrected chi connectivity index (χ4v) is 3.66. The first kappa shape index (κ1) is 26.8. The topological polar surface area (TPSA) is 177 Å². The summed E-state index contributed by atoms with van der Waals surface area (Å²) in [4.78, 5) is 57.1. The van der Waals surface area contributed by atoms with Crippen LogP contribution >= 0.6 is 0 Å². The van der Waals surface area contributed by atoms with Crippen molar-refractivity contribution in [3.63, 3.8) is 0 Å². The minimum absolute atomic E-state index is 0.0165. The third kappa shape index (κ3) is 7.09. The summed E-state index contributed by atoms with van der Waals surface area (Å²) < 4.78 is 10.5. The van der Waals surface area contributed by atoms with Crippen LogP contribution in [-0.4, -0.2) is 75.2 Å². The summed E-state index contributed by atoms with van der Waals surface area (Å²) in [6.45, 7) is 3.74. The van der Waals surface area contributed by atoms with Gasteiger partial charge in [-0.2, -0.15) is 0 Å². The predicted octanol–water partition coefficient (Wildman–Crippen LogP) is -0.236. The Hall–Kier alpha value is -3.84. The molecule has 1 aromatic heterocycles. The van der Waals surface area contributed by atoms with E-state index in [1.165, 1.54) is 18.6 Å². The van der Waals surface area contributed by atoms with Crippen molar-refractivity contribution in [2.75, 3.05) is 0 Å². The summed E-state index contributed by atoms with van der Waals surface area (Å²) in [5, 5.41) is 24.2. The molecule has 2 amide bonds. The molecule has 12 nitrogen and oxygen atoms in total. The molecular formula is C23H27BN4O8. The van der Waals surface area contributed by atoms with Crippen LogP contribution in [0.5, 0.6) is 0 Å². The van der Waals surface area contributed by atoms with E-state index < -0.39 is 55.1 Å². The first-order valence-electron chi connectivity index (χ1n) is 11.3. The van der Waals surface area contributed by atoms with Crippen molar-refractivity contribution in [2.24, 2.45) is 5.92 Å². The highest BCUT2D eigenvalue weighted by Gasteiger charge is 2.50. The van der Waals surface area contributed by atoms with Gasteiger partial charge in [-0.15, -0.1) is 0 Å². The SMILES string of the molecule is CC(C)C[C@H](NC(=O)C(Cc1ccccc1)NC(=O)c1cnccn1)B1OC(=O)[C@@H]([C@H](O)C(=O)O)O1. The first-order chi connectivity index (χ1) is 17.2. The minimum Gasteiger partial charge on any atom is -0.506 e. The average Bonchev–Trinajstić information content (AvgIpc) is 3.24. The van der Waals surface area contributed by atoms with Crippen LogP contribution in [0.15, 0.2) is 48.9 Å². The van der Waals surface area contributed by atoms with E-state index in [2.05, 4.69) is 20.6 Å². The molecule has 0 aliphatic carbocycles. The number of hydrogen-bond donors (Lipinski definition) is 4. The van der Waals surface area contributed by atoms with Crippen molar-refractivity contribution in [2.45, 2.75) is 50.9 Å². The molecule has 13 heteroatoms. The van der Waals surface area contributed by atoms with E-state index in [0.717, 1.165) is 5.56 Å². The quantitative estimate of drug-likeness (QED) is 0.303. The standard InChI is InChI=1S/C23H27BN4O8/c1-13(2)10-17(24-35-19(23(34)36-24)18(29)22(32)33)28-20(30)15(11-14-6-4-3-5-7-14)27-21(31)16-12-25-8-9-26-16/h3-9,12-13,15,17-19,29H,10-11H2,1-2H3,(H,27,31)(H,28,30)(H,32,33)/t15?,17-,18-,19+/m0/s1. The number of rotatable bonds is 11. The van der Waals surface area contributed by atoms with Crippen LogP contribution in [0.4, 0.5) is 0 Å². The van der Waals surface area contributed by atoms with Crippen LogP contribution < -0.4 is 10.6 Å². The Kier molecular flexibility index (Phi) is 9.09. The van der Waals surface area contributed by atoms with Gasteiger partial charge >= 0.3 is 19.1 Å².